The van der Waals surface area contributed by atoms with E-state index in [1.54, 1.807) is 0 Å². The molecule has 0 saturated carbocycles. The number of benzene rings is 1. The Morgan fingerprint density at radius 2 is 2.05 bits per heavy atom. The molecule has 1 atom stereocenters. The van der Waals surface area contributed by atoms with Crippen LogP contribution in [0.4, 0.5) is 5.69 Å². The lowest BCUT2D eigenvalue weighted by Gasteiger charge is -2.25. The van der Waals surface area contributed by atoms with Crippen LogP contribution in [0.1, 0.15) is 45.6 Å². The predicted molar refractivity (Wildman–Crippen MR) is 88.7 cm³/mol. The molecule has 3 heteroatoms. The van der Waals surface area contributed by atoms with Crippen molar-refractivity contribution in [1.82, 2.24) is 0 Å². The summed E-state index contributed by atoms with van der Waals surface area (Å²) in [5.74, 6) is 0. The molecule has 0 radical (unpaired) electrons. The highest BCUT2D eigenvalue weighted by Gasteiger charge is 2.23. The SMILES string of the molecule is CC(N)Cc1ccc(N2CCCC(C)(C)CC2)cc1Cl. The standard InChI is InChI=1S/C17H27ClN2/c1-13(19)11-14-5-6-15(12-16(14)18)20-9-4-7-17(2,3)8-10-20/h5-6,12-13H,4,7-11,19H2,1-3H3. The predicted octanol–water partition coefficient (Wildman–Crippen LogP) is 4.25. The van der Waals surface area contributed by atoms with E-state index in [2.05, 4.69) is 36.9 Å². The van der Waals surface area contributed by atoms with Crippen molar-refractivity contribution in [3.63, 3.8) is 0 Å². The van der Waals surface area contributed by atoms with E-state index in [1.807, 2.05) is 6.92 Å². The van der Waals surface area contributed by atoms with Crippen LogP contribution in [0.25, 0.3) is 0 Å². The first-order valence-electron chi connectivity index (χ1n) is 7.66. The second-order valence-electron chi connectivity index (χ2n) is 6.96. The molecule has 2 rings (SSSR count). The minimum absolute atomic E-state index is 0.150. The summed E-state index contributed by atoms with van der Waals surface area (Å²) in [7, 11) is 0. The maximum Gasteiger partial charge on any atom is 0.0459 e. The molecule has 1 saturated heterocycles. The first-order valence-corrected chi connectivity index (χ1v) is 8.04. The van der Waals surface area contributed by atoms with Crippen LogP contribution >= 0.6 is 11.6 Å². The molecule has 20 heavy (non-hydrogen) atoms. The van der Waals surface area contributed by atoms with E-state index in [1.165, 1.54) is 24.9 Å². The quantitative estimate of drug-likeness (QED) is 0.903. The zero-order chi connectivity index (χ0) is 14.8. The molecule has 2 nitrogen and oxygen atoms in total. The highest BCUT2D eigenvalue weighted by Crippen LogP contribution is 2.33. The number of hydrogen-bond donors (Lipinski definition) is 1. The summed E-state index contributed by atoms with van der Waals surface area (Å²) < 4.78 is 0. The minimum Gasteiger partial charge on any atom is -0.371 e. The van der Waals surface area contributed by atoms with Crippen LogP contribution in [0, 0.1) is 5.41 Å². The van der Waals surface area contributed by atoms with Gasteiger partial charge in [-0.1, -0.05) is 31.5 Å². The smallest absolute Gasteiger partial charge is 0.0459 e. The fourth-order valence-electron chi connectivity index (χ4n) is 2.93. The molecular formula is C17H27ClN2. The van der Waals surface area contributed by atoms with E-state index >= 15 is 0 Å². The van der Waals surface area contributed by atoms with Crippen LogP contribution in [0.5, 0.6) is 0 Å². The van der Waals surface area contributed by atoms with Gasteiger partial charge in [-0.2, -0.15) is 0 Å². The minimum atomic E-state index is 0.150. The lowest BCUT2D eigenvalue weighted by Crippen LogP contribution is -2.25. The van der Waals surface area contributed by atoms with E-state index in [0.717, 1.165) is 30.1 Å². The van der Waals surface area contributed by atoms with Crippen LogP contribution in [0.2, 0.25) is 5.02 Å². The molecule has 1 fully saturated rings. The zero-order valence-electron chi connectivity index (χ0n) is 13.0. The van der Waals surface area contributed by atoms with Gasteiger partial charge in [0, 0.05) is 29.8 Å². The number of nitrogens with two attached hydrogens (primary N) is 1. The van der Waals surface area contributed by atoms with Gasteiger partial charge in [0.1, 0.15) is 0 Å². The van der Waals surface area contributed by atoms with Crippen molar-refractivity contribution < 1.29 is 0 Å². The molecule has 1 aromatic carbocycles. The Morgan fingerprint density at radius 1 is 1.30 bits per heavy atom. The summed E-state index contributed by atoms with van der Waals surface area (Å²) in [6, 6.07) is 6.59. The summed E-state index contributed by atoms with van der Waals surface area (Å²) in [5, 5.41) is 0.850. The van der Waals surface area contributed by atoms with Gasteiger partial charge >= 0.3 is 0 Å². The molecule has 112 valence electrons. The van der Waals surface area contributed by atoms with E-state index in [4.69, 9.17) is 17.3 Å². The maximum atomic E-state index is 6.41. The molecule has 0 spiro atoms. The average molecular weight is 295 g/mol. The van der Waals surface area contributed by atoms with Crippen molar-refractivity contribution in [2.75, 3.05) is 18.0 Å². The molecule has 2 N–H and O–H groups in total. The molecule has 1 aliphatic heterocycles. The second-order valence-corrected chi connectivity index (χ2v) is 7.37. The van der Waals surface area contributed by atoms with Gasteiger partial charge in [-0.05, 0) is 55.7 Å². The van der Waals surface area contributed by atoms with Crippen molar-refractivity contribution in [2.45, 2.75) is 52.5 Å². The number of anilines is 1. The fourth-order valence-corrected chi connectivity index (χ4v) is 3.18. The van der Waals surface area contributed by atoms with Crippen molar-refractivity contribution in [3.05, 3.63) is 28.8 Å². The maximum absolute atomic E-state index is 6.41. The van der Waals surface area contributed by atoms with Crippen molar-refractivity contribution in [1.29, 1.82) is 0 Å². The van der Waals surface area contributed by atoms with Crippen LogP contribution < -0.4 is 10.6 Å². The molecule has 1 aromatic rings. The van der Waals surface area contributed by atoms with Crippen LogP contribution in [-0.4, -0.2) is 19.1 Å². The topological polar surface area (TPSA) is 29.3 Å². The fraction of sp³-hybridized carbons (Fsp3) is 0.647. The number of rotatable bonds is 3. The number of halogens is 1. The normalized spacial score (nSPS) is 20.6. The number of hydrogen-bond acceptors (Lipinski definition) is 2. The van der Waals surface area contributed by atoms with E-state index in [0.29, 0.717) is 5.41 Å². The zero-order valence-corrected chi connectivity index (χ0v) is 13.7. The van der Waals surface area contributed by atoms with Gasteiger partial charge in [0.15, 0.2) is 0 Å². The Kier molecular flexibility index (Phi) is 4.98. The van der Waals surface area contributed by atoms with Gasteiger partial charge in [0.05, 0.1) is 0 Å². The molecule has 1 heterocycles. The van der Waals surface area contributed by atoms with Crippen LogP contribution in [0.3, 0.4) is 0 Å². The average Bonchev–Trinajstić information content (AvgIpc) is 2.52. The van der Waals surface area contributed by atoms with Gasteiger partial charge in [-0.25, -0.2) is 0 Å². The van der Waals surface area contributed by atoms with Gasteiger partial charge in [-0.15, -0.1) is 0 Å². The van der Waals surface area contributed by atoms with Crippen molar-refractivity contribution in [2.24, 2.45) is 11.1 Å². The van der Waals surface area contributed by atoms with Gasteiger partial charge < -0.3 is 10.6 Å². The molecule has 1 unspecified atom stereocenters. The Bertz CT molecular complexity index is 454. The molecule has 1 aliphatic rings. The van der Waals surface area contributed by atoms with Gasteiger partial charge in [0.2, 0.25) is 0 Å². The van der Waals surface area contributed by atoms with E-state index in [9.17, 15) is 0 Å². The Balaban J connectivity index is 2.11. The summed E-state index contributed by atoms with van der Waals surface area (Å²) in [6.07, 6.45) is 4.64. The van der Waals surface area contributed by atoms with Crippen LogP contribution in [-0.2, 0) is 6.42 Å². The molecule has 0 amide bonds. The third kappa shape index (κ3) is 4.13. The monoisotopic (exact) mass is 294 g/mol. The van der Waals surface area contributed by atoms with E-state index in [-0.39, 0.29) is 6.04 Å². The third-order valence-corrected chi connectivity index (χ3v) is 4.64. The highest BCUT2D eigenvalue weighted by atomic mass is 35.5. The Hall–Kier alpha value is -0.730. The van der Waals surface area contributed by atoms with Crippen LogP contribution in [0.15, 0.2) is 18.2 Å². The molecule has 0 aliphatic carbocycles. The lowest BCUT2D eigenvalue weighted by atomic mass is 9.85. The summed E-state index contributed by atoms with van der Waals surface area (Å²) >= 11 is 6.41. The third-order valence-electron chi connectivity index (χ3n) is 4.28. The lowest BCUT2D eigenvalue weighted by molar-refractivity contribution is 0.325. The van der Waals surface area contributed by atoms with Crippen molar-refractivity contribution in [3.8, 4) is 0 Å². The summed E-state index contributed by atoms with van der Waals surface area (Å²) in [4.78, 5) is 2.47. The number of nitrogens with zero attached hydrogens (tertiary/aromatic N) is 1. The molecule has 0 bridgehead atoms. The summed E-state index contributed by atoms with van der Waals surface area (Å²) in [6.45, 7) is 9.01. The molecule has 0 aromatic heterocycles. The Labute approximate surface area is 128 Å². The Morgan fingerprint density at radius 3 is 2.70 bits per heavy atom. The largest absolute Gasteiger partial charge is 0.371 e. The second kappa shape index (κ2) is 6.36. The first kappa shape index (κ1) is 15.7. The van der Waals surface area contributed by atoms with Gasteiger partial charge in [0.25, 0.3) is 0 Å². The molecular weight excluding hydrogens is 268 g/mol. The van der Waals surface area contributed by atoms with E-state index < -0.39 is 0 Å². The van der Waals surface area contributed by atoms with Crippen molar-refractivity contribution >= 4 is 17.3 Å². The first-order chi connectivity index (χ1) is 9.37. The summed E-state index contributed by atoms with van der Waals surface area (Å²) in [5.41, 5.74) is 8.73. The highest BCUT2D eigenvalue weighted by molar-refractivity contribution is 6.31. The van der Waals surface area contributed by atoms with Gasteiger partial charge in [-0.3, -0.25) is 0 Å².